The number of benzene rings is 1. The van der Waals surface area contributed by atoms with Crippen LogP contribution >= 0.6 is 0 Å². The number of amides is 1. The highest BCUT2D eigenvalue weighted by molar-refractivity contribution is 5.97. The van der Waals surface area contributed by atoms with Crippen molar-refractivity contribution in [3.05, 3.63) is 41.5 Å². The van der Waals surface area contributed by atoms with Crippen molar-refractivity contribution in [2.75, 3.05) is 0 Å². The fourth-order valence-electron chi connectivity index (χ4n) is 3.76. The van der Waals surface area contributed by atoms with E-state index < -0.39 is 0 Å². The van der Waals surface area contributed by atoms with Crippen molar-refractivity contribution < 1.29 is 14.1 Å². The lowest BCUT2D eigenvalue weighted by molar-refractivity contribution is 0.0919. The number of aryl methyl sites for hydroxylation is 1. The lowest BCUT2D eigenvalue weighted by atomic mass is 9.99. The van der Waals surface area contributed by atoms with Crippen LogP contribution in [-0.2, 0) is 6.61 Å². The molecule has 2 saturated heterocycles. The summed E-state index contributed by atoms with van der Waals surface area (Å²) in [5.74, 6) is 1.39. The molecule has 1 aromatic heterocycles. The van der Waals surface area contributed by atoms with E-state index in [4.69, 9.17) is 9.26 Å². The Morgan fingerprint density at radius 1 is 1.32 bits per heavy atom. The summed E-state index contributed by atoms with van der Waals surface area (Å²) in [6, 6.07) is 8.55. The van der Waals surface area contributed by atoms with Gasteiger partial charge in [-0.3, -0.25) is 4.79 Å². The quantitative estimate of drug-likeness (QED) is 0.863. The van der Waals surface area contributed by atoms with Gasteiger partial charge >= 0.3 is 0 Å². The molecular weight excluding hydrogens is 320 g/mol. The summed E-state index contributed by atoms with van der Waals surface area (Å²) in [7, 11) is 0. The maximum absolute atomic E-state index is 12.7. The van der Waals surface area contributed by atoms with E-state index in [0.717, 1.165) is 12.8 Å². The van der Waals surface area contributed by atoms with E-state index in [1.54, 1.807) is 19.1 Å². The molecule has 2 fully saturated rings. The molecule has 0 radical (unpaired) electrons. The fourth-order valence-corrected chi connectivity index (χ4v) is 3.76. The molecule has 2 bridgehead atoms. The first-order valence-electron chi connectivity index (χ1n) is 8.75. The molecular formula is C18H22N4O3. The van der Waals surface area contributed by atoms with E-state index in [9.17, 15) is 4.79 Å². The highest BCUT2D eigenvalue weighted by atomic mass is 16.5. The molecule has 2 aliphatic heterocycles. The van der Waals surface area contributed by atoms with Crippen LogP contribution in [0.1, 0.15) is 47.8 Å². The lowest BCUT2D eigenvalue weighted by Gasteiger charge is -2.29. The van der Waals surface area contributed by atoms with E-state index in [0.29, 0.717) is 35.1 Å². The predicted molar refractivity (Wildman–Crippen MR) is 90.2 cm³/mol. The number of rotatable bonds is 5. The molecule has 7 heteroatoms. The molecule has 0 aliphatic carbocycles. The van der Waals surface area contributed by atoms with E-state index in [2.05, 4.69) is 20.8 Å². The Balaban J connectivity index is 1.41. The van der Waals surface area contributed by atoms with Gasteiger partial charge in [0.1, 0.15) is 5.75 Å². The third-order valence-corrected chi connectivity index (χ3v) is 4.87. The summed E-state index contributed by atoms with van der Waals surface area (Å²) >= 11 is 0. The molecule has 4 rings (SSSR count). The van der Waals surface area contributed by atoms with E-state index in [1.165, 1.54) is 12.8 Å². The lowest BCUT2D eigenvalue weighted by Crippen LogP contribution is -2.48. The first-order chi connectivity index (χ1) is 12.2. The minimum absolute atomic E-state index is 0.0915. The van der Waals surface area contributed by atoms with Gasteiger partial charge < -0.3 is 19.9 Å². The van der Waals surface area contributed by atoms with E-state index >= 15 is 0 Å². The van der Waals surface area contributed by atoms with Crippen molar-refractivity contribution in [1.82, 2.24) is 20.8 Å². The van der Waals surface area contributed by atoms with E-state index in [1.807, 2.05) is 12.1 Å². The second-order valence-corrected chi connectivity index (χ2v) is 6.79. The van der Waals surface area contributed by atoms with Crippen molar-refractivity contribution in [1.29, 1.82) is 0 Å². The zero-order chi connectivity index (χ0) is 17.2. The maximum Gasteiger partial charge on any atom is 0.255 e. The first-order valence-corrected chi connectivity index (χ1v) is 8.75. The summed E-state index contributed by atoms with van der Waals surface area (Å²) < 4.78 is 10.7. The smallest absolute Gasteiger partial charge is 0.255 e. The van der Waals surface area contributed by atoms with Gasteiger partial charge in [0, 0.05) is 25.0 Å². The Morgan fingerprint density at radius 2 is 2.08 bits per heavy atom. The number of nitrogens with one attached hydrogen (secondary N) is 2. The predicted octanol–water partition coefficient (Wildman–Crippen LogP) is 1.97. The largest absolute Gasteiger partial charge is 0.485 e. The average Bonchev–Trinajstić information content (AvgIpc) is 3.18. The molecule has 2 unspecified atom stereocenters. The molecule has 0 saturated carbocycles. The van der Waals surface area contributed by atoms with Gasteiger partial charge in [-0.15, -0.1) is 0 Å². The summed E-state index contributed by atoms with van der Waals surface area (Å²) in [5.41, 5.74) is 0.536. The normalized spacial score (nSPS) is 24.9. The zero-order valence-corrected chi connectivity index (χ0v) is 14.2. The third kappa shape index (κ3) is 3.66. The van der Waals surface area contributed by atoms with Crippen molar-refractivity contribution in [2.24, 2.45) is 0 Å². The summed E-state index contributed by atoms with van der Waals surface area (Å²) in [4.78, 5) is 16.8. The number of fused-ring (bicyclic) bond motifs is 2. The monoisotopic (exact) mass is 342 g/mol. The zero-order valence-electron chi connectivity index (χ0n) is 14.2. The van der Waals surface area contributed by atoms with Gasteiger partial charge in [0.05, 0.1) is 5.56 Å². The number of hydrogen-bond donors (Lipinski definition) is 2. The van der Waals surface area contributed by atoms with Gasteiger partial charge in [-0.2, -0.15) is 4.98 Å². The summed E-state index contributed by atoms with van der Waals surface area (Å²) in [6.07, 6.45) is 4.41. The van der Waals surface area contributed by atoms with Gasteiger partial charge in [-0.05, 0) is 37.8 Å². The van der Waals surface area contributed by atoms with Crippen LogP contribution in [0.3, 0.4) is 0 Å². The number of ether oxygens (including phenoxy) is 1. The molecule has 1 aromatic carbocycles. The molecule has 2 N–H and O–H groups in total. The Kier molecular flexibility index (Phi) is 4.40. The van der Waals surface area contributed by atoms with Crippen molar-refractivity contribution >= 4 is 5.91 Å². The summed E-state index contributed by atoms with van der Waals surface area (Å²) in [5, 5.41) is 10.6. The molecule has 7 nitrogen and oxygen atoms in total. The van der Waals surface area contributed by atoms with Crippen molar-refractivity contribution in [3.63, 3.8) is 0 Å². The number of nitrogens with zero attached hydrogens (tertiary/aromatic N) is 2. The summed E-state index contributed by atoms with van der Waals surface area (Å²) in [6.45, 7) is 1.89. The first kappa shape index (κ1) is 16.1. The second kappa shape index (κ2) is 6.84. The van der Waals surface area contributed by atoms with Crippen molar-refractivity contribution in [2.45, 2.75) is 57.3 Å². The van der Waals surface area contributed by atoms with Gasteiger partial charge in [-0.25, -0.2) is 0 Å². The van der Waals surface area contributed by atoms with Crippen LogP contribution in [0.2, 0.25) is 0 Å². The minimum atomic E-state index is -0.0915. The fraction of sp³-hybridized carbons (Fsp3) is 0.500. The van der Waals surface area contributed by atoms with E-state index in [-0.39, 0.29) is 18.6 Å². The molecule has 0 spiro atoms. The molecule has 1 amide bonds. The maximum atomic E-state index is 12.7. The Bertz CT molecular complexity index is 748. The van der Waals surface area contributed by atoms with Crippen LogP contribution in [0.15, 0.2) is 28.8 Å². The van der Waals surface area contributed by atoms with Crippen LogP contribution in [0.25, 0.3) is 0 Å². The second-order valence-electron chi connectivity index (χ2n) is 6.79. The number of carbonyl (C=O) groups is 1. The molecule has 2 aromatic rings. The Labute approximate surface area is 146 Å². The van der Waals surface area contributed by atoms with Crippen LogP contribution in [0.4, 0.5) is 0 Å². The standard InChI is InChI=1S/C18H22N4O3/c1-11-19-17(22-25-11)10-24-16-5-3-2-4-15(16)18(23)21-14-8-12-6-7-13(9-14)20-12/h2-5,12-14,20H,6-10H2,1H3,(H,21,23). The van der Waals surface area contributed by atoms with Gasteiger partial charge in [0.15, 0.2) is 6.61 Å². The highest BCUT2D eigenvalue weighted by Crippen LogP contribution is 2.27. The molecule has 25 heavy (non-hydrogen) atoms. The molecule has 2 atom stereocenters. The Morgan fingerprint density at radius 3 is 2.80 bits per heavy atom. The van der Waals surface area contributed by atoms with Crippen LogP contribution in [0.5, 0.6) is 5.75 Å². The van der Waals surface area contributed by atoms with Gasteiger partial charge in [0.25, 0.3) is 5.91 Å². The van der Waals surface area contributed by atoms with Gasteiger partial charge in [0.2, 0.25) is 11.7 Å². The number of para-hydroxylation sites is 1. The Hall–Kier alpha value is -2.41. The van der Waals surface area contributed by atoms with Crippen LogP contribution in [0, 0.1) is 6.92 Å². The molecule has 2 aliphatic rings. The number of carbonyl (C=O) groups excluding carboxylic acids is 1. The van der Waals surface area contributed by atoms with Gasteiger partial charge in [-0.1, -0.05) is 17.3 Å². The average molecular weight is 342 g/mol. The number of aromatic nitrogens is 2. The molecule has 3 heterocycles. The number of hydrogen-bond acceptors (Lipinski definition) is 6. The SMILES string of the molecule is Cc1nc(COc2ccccc2C(=O)NC2CC3CCC(C2)N3)no1. The third-order valence-electron chi connectivity index (χ3n) is 4.87. The topological polar surface area (TPSA) is 89.3 Å². The van der Waals surface area contributed by atoms with Crippen molar-refractivity contribution in [3.8, 4) is 5.75 Å². The number of piperidine rings is 1. The highest BCUT2D eigenvalue weighted by Gasteiger charge is 2.34. The minimum Gasteiger partial charge on any atom is -0.485 e. The molecule has 132 valence electrons. The van der Waals surface area contributed by atoms with Crippen LogP contribution < -0.4 is 15.4 Å². The van der Waals surface area contributed by atoms with Crippen LogP contribution in [-0.4, -0.2) is 34.2 Å².